The van der Waals surface area contributed by atoms with E-state index < -0.39 is 0 Å². The highest BCUT2D eigenvalue weighted by Gasteiger charge is 2.25. The molecule has 0 aromatic heterocycles. The molecule has 134 valence electrons. The van der Waals surface area contributed by atoms with Crippen LogP contribution in [0.1, 0.15) is 57.3 Å². The van der Waals surface area contributed by atoms with E-state index in [2.05, 4.69) is 19.2 Å². The van der Waals surface area contributed by atoms with Crippen LogP contribution in [0.4, 0.5) is 0 Å². The van der Waals surface area contributed by atoms with Gasteiger partial charge in [-0.15, -0.1) is 0 Å². The molecule has 3 N–H and O–H groups in total. The van der Waals surface area contributed by atoms with Crippen molar-refractivity contribution in [3.63, 3.8) is 0 Å². The Kier molecular flexibility index (Phi) is 7.92. The Morgan fingerprint density at radius 3 is 2.38 bits per heavy atom. The van der Waals surface area contributed by atoms with Crippen molar-refractivity contribution < 1.29 is 14.3 Å². The molecule has 1 aromatic carbocycles. The van der Waals surface area contributed by atoms with E-state index in [0.717, 1.165) is 6.42 Å². The quantitative estimate of drug-likeness (QED) is 0.509. The molecule has 0 aliphatic rings. The van der Waals surface area contributed by atoms with Crippen LogP contribution in [0.3, 0.4) is 0 Å². The zero-order chi connectivity index (χ0) is 18.2. The number of carbonyl (C=O) groups excluding carboxylic acids is 2. The highest BCUT2D eigenvalue weighted by atomic mass is 16.5. The molecule has 24 heavy (non-hydrogen) atoms. The summed E-state index contributed by atoms with van der Waals surface area (Å²) in [7, 11) is 0. The third kappa shape index (κ3) is 7.13. The monoisotopic (exact) mass is 334 g/mol. The molecule has 5 nitrogen and oxygen atoms in total. The molecule has 0 spiro atoms. The second-order valence-corrected chi connectivity index (χ2v) is 6.94. The summed E-state index contributed by atoms with van der Waals surface area (Å²) in [6.45, 7) is 8.63. The summed E-state index contributed by atoms with van der Waals surface area (Å²) in [5.41, 5.74) is 6.11. The van der Waals surface area contributed by atoms with Crippen LogP contribution < -0.4 is 15.8 Å². The maximum Gasteiger partial charge on any atom is 0.220 e. The van der Waals surface area contributed by atoms with Crippen LogP contribution in [0.25, 0.3) is 0 Å². The third-order valence-electron chi connectivity index (χ3n) is 3.83. The molecule has 0 aliphatic heterocycles. The number of ether oxygens (including phenoxy) is 1. The van der Waals surface area contributed by atoms with Crippen LogP contribution >= 0.6 is 0 Å². The lowest BCUT2D eigenvalue weighted by atomic mass is 9.90. The summed E-state index contributed by atoms with van der Waals surface area (Å²) in [5, 5.41) is 3.04. The van der Waals surface area contributed by atoms with Crippen LogP contribution in [-0.2, 0) is 4.79 Å². The Labute approximate surface area is 145 Å². The Bertz CT molecular complexity index is 540. The molecule has 0 saturated heterocycles. The van der Waals surface area contributed by atoms with Gasteiger partial charge in [-0.3, -0.25) is 9.59 Å². The second kappa shape index (κ2) is 9.42. The summed E-state index contributed by atoms with van der Waals surface area (Å²) in [6, 6.07) is 7.02. The first-order valence-corrected chi connectivity index (χ1v) is 8.50. The molecule has 1 aromatic rings. The fraction of sp³-hybridized carbons (Fsp3) is 0.579. The minimum Gasteiger partial charge on any atom is -0.494 e. The number of ketones is 1. The maximum atomic E-state index is 12.1. The van der Waals surface area contributed by atoms with E-state index in [1.165, 1.54) is 6.92 Å². The fourth-order valence-electron chi connectivity index (χ4n) is 2.69. The number of nitrogens with two attached hydrogens (primary N) is 1. The standard InChI is InChI=1S/C19H30N2O3/c1-14(2)12-19(4,13-20)21-18(23)6-5-11-24-17-9-7-16(8-10-17)15(3)22/h7-10,14H,5-6,11-13,20H2,1-4H3,(H,21,23). The van der Waals surface area contributed by atoms with Gasteiger partial charge in [0.25, 0.3) is 0 Å². The van der Waals surface area contributed by atoms with Gasteiger partial charge < -0.3 is 15.8 Å². The van der Waals surface area contributed by atoms with Crippen LogP contribution in [-0.4, -0.2) is 30.4 Å². The molecule has 1 atom stereocenters. The molecule has 0 heterocycles. The summed E-state index contributed by atoms with van der Waals surface area (Å²) < 4.78 is 5.60. The fourth-order valence-corrected chi connectivity index (χ4v) is 2.69. The van der Waals surface area contributed by atoms with Crippen molar-refractivity contribution in [2.24, 2.45) is 11.7 Å². The van der Waals surface area contributed by atoms with Crippen LogP contribution in [0, 0.1) is 5.92 Å². The Morgan fingerprint density at radius 2 is 1.88 bits per heavy atom. The smallest absolute Gasteiger partial charge is 0.220 e. The maximum absolute atomic E-state index is 12.1. The average molecular weight is 334 g/mol. The van der Waals surface area contributed by atoms with Crippen LogP contribution in [0.2, 0.25) is 0 Å². The first-order valence-electron chi connectivity index (χ1n) is 8.50. The lowest BCUT2D eigenvalue weighted by molar-refractivity contribution is -0.123. The van der Waals surface area contributed by atoms with Gasteiger partial charge in [-0.25, -0.2) is 0 Å². The van der Waals surface area contributed by atoms with E-state index in [-0.39, 0.29) is 17.2 Å². The predicted molar refractivity (Wildman–Crippen MR) is 96.2 cm³/mol. The van der Waals surface area contributed by atoms with Crippen molar-refractivity contribution in [2.75, 3.05) is 13.2 Å². The van der Waals surface area contributed by atoms with E-state index in [0.29, 0.717) is 43.2 Å². The van der Waals surface area contributed by atoms with Gasteiger partial charge in [0, 0.05) is 24.1 Å². The number of rotatable bonds is 10. The second-order valence-electron chi connectivity index (χ2n) is 6.94. The highest BCUT2D eigenvalue weighted by Crippen LogP contribution is 2.16. The molecule has 0 radical (unpaired) electrons. The number of Topliss-reactive ketones (excluding diaryl/α,β-unsaturated/α-hetero) is 1. The average Bonchev–Trinajstić information content (AvgIpc) is 2.51. The van der Waals surface area contributed by atoms with Gasteiger partial charge in [0.1, 0.15) is 5.75 Å². The van der Waals surface area contributed by atoms with Crippen molar-refractivity contribution in [2.45, 2.75) is 52.5 Å². The molecule has 0 saturated carbocycles. The molecule has 0 bridgehead atoms. The van der Waals surface area contributed by atoms with Crippen molar-refractivity contribution >= 4 is 11.7 Å². The predicted octanol–water partition coefficient (Wildman–Crippen LogP) is 2.93. The molecular formula is C19H30N2O3. The van der Waals surface area contributed by atoms with Crippen molar-refractivity contribution in [3.05, 3.63) is 29.8 Å². The first kappa shape index (κ1) is 20.2. The van der Waals surface area contributed by atoms with Gasteiger partial charge in [-0.2, -0.15) is 0 Å². The van der Waals surface area contributed by atoms with E-state index in [9.17, 15) is 9.59 Å². The minimum absolute atomic E-state index is 0.000808. The van der Waals surface area contributed by atoms with Crippen molar-refractivity contribution in [1.82, 2.24) is 5.32 Å². The van der Waals surface area contributed by atoms with Crippen LogP contribution in [0.5, 0.6) is 5.75 Å². The topological polar surface area (TPSA) is 81.4 Å². The Morgan fingerprint density at radius 1 is 1.25 bits per heavy atom. The van der Waals surface area contributed by atoms with Gasteiger partial charge in [-0.1, -0.05) is 13.8 Å². The zero-order valence-electron chi connectivity index (χ0n) is 15.2. The number of benzene rings is 1. The lowest BCUT2D eigenvalue weighted by Gasteiger charge is -2.31. The summed E-state index contributed by atoms with van der Waals surface area (Å²) >= 11 is 0. The summed E-state index contributed by atoms with van der Waals surface area (Å²) in [4.78, 5) is 23.3. The molecule has 1 amide bonds. The molecule has 1 unspecified atom stereocenters. The van der Waals surface area contributed by atoms with Crippen LogP contribution in [0.15, 0.2) is 24.3 Å². The Hall–Kier alpha value is -1.88. The van der Waals surface area contributed by atoms with E-state index in [1.54, 1.807) is 24.3 Å². The summed E-state index contributed by atoms with van der Waals surface area (Å²) in [5.74, 6) is 1.20. The van der Waals surface area contributed by atoms with Gasteiger partial charge in [0.15, 0.2) is 5.78 Å². The minimum atomic E-state index is -0.353. The zero-order valence-corrected chi connectivity index (χ0v) is 15.2. The Balaban J connectivity index is 2.33. The van der Waals surface area contributed by atoms with Gasteiger partial charge >= 0.3 is 0 Å². The highest BCUT2D eigenvalue weighted by molar-refractivity contribution is 5.94. The van der Waals surface area contributed by atoms with E-state index in [1.807, 2.05) is 6.92 Å². The molecule has 0 fully saturated rings. The van der Waals surface area contributed by atoms with E-state index >= 15 is 0 Å². The first-order chi connectivity index (χ1) is 11.3. The van der Waals surface area contributed by atoms with Crippen molar-refractivity contribution in [1.29, 1.82) is 0 Å². The number of hydrogen-bond acceptors (Lipinski definition) is 4. The van der Waals surface area contributed by atoms with Crippen molar-refractivity contribution in [3.8, 4) is 5.75 Å². The number of hydrogen-bond donors (Lipinski definition) is 2. The molecular weight excluding hydrogens is 304 g/mol. The van der Waals surface area contributed by atoms with Gasteiger partial charge in [0.2, 0.25) is 5.91 Å². The molecule has 1 rings (SSSR count). The number of nitrogens with one attached hydrogen (secondary N) is 1. The third-order valence-corrected chi connectivity index (χ3v) is 3.83. The largest absolute Gasteiger partial charge is 0.494 e. The van der Waals surface area contributed by atoms with Gasteiger partial charge in [0.05, 0.1) is 6.61 Å². The normalized spacial score (nSPS) is 13.4. The lowest BCUT2D eigenvalue weighted by Crippen LogP contribution is -2.52. The number of amides is 1. The number of carbonyl (C=O) groups is 2. The van der Waals surface area contributed by atoms with Gasteiger partial charge in [-0.05, 0) is 56.9 Å². The SMILES string of the molecule is CC(=O)c1ccc(OCCCC(=O)NC(C)(CN)CC(C)C)cc1. The van der Waals surface area contributed by atoms with E-state index in [4.69, 9.17) is 10.5 Å². The summed E-state index contributed by atoms with van der Waals surface area (Å²) in [6.07, 6.45) is 1.88. The molecule has 0 aliphatic carbocycles. The molecule has 5 heteroatoms.